The van der Waals surface area contributed by atoms with Crippen LogP contribution in [0.25, 0.3) is 16.6 Å². The largest absolute Gasteiger partial charge is 0.340 e. The number of benzene rings is 3. The highest BCUT2D eigenvalue weighted by Crippen LogP contribution is 2.31. The molecule has 0 saturated heterocycles. The molecule has 0 amide bonds. The second-order valence-electron chi connectivity index (χ2n) is 7.06. The molecule has 0 atom stereocenters. The summed E-state index contributed by atoms with van der Waals surface area (Å²) < 4.78 is 27.9. The number of aromatic nitrogens is 4. The number of rotatable bonds is 4. The number of sulfone groups is 1. The summed E-state index contributed by atoms with van der Waals surface area (Å²) >= 11 is 6.23. The summed E-state index contributed by atoms with van der Waals surface area (Å²) in [5, 5.41) is 12.4. The quantitative estimate of drug-likeness (QED) is 0.423. The van der Waals surface area contributed by atoms with Crippen molar-refractivity contribution in [1.82, 2.24) is 19.8 Å². The van der Waals surface area contributed by atoms with Crippen molar-refractivity contribution in [2.75, 3.05) is 5.32 Å². The van der Waals surface area contributed by atoms with Crippen LogP contribution in [0.15, 0.2) is 82.7 Å². The SMILES string of the molecule is Cc1cccc(Nc2nc3c(S(=O)(=O)c4ccccc4)nnn3c3ccc(Cl)cc23)c1. The molecule has 5 rings (SSSR count). The van der Waals surface area contributed by atoms with Gasteiger partial charge in [0.05, 0.1) is 10.4 Å². The maximum Gasteiger partial charge on any atom is 0.229 e. The normalized spacial score (nSPS) is 11.8. The van der Waals surface area contributed by atoms with E-state index in [9.17, 15) is 8.42 Å². The summed E-state index contributed by atoms with van der Waals surface area (Å²) in [4.78, 5) is 4.74. The first-order valence-corrected chi connectivity index (χ1v) is 11.3. The monoisotopic (exact) mass is 449 g/mol. The lowest BCUT2D eigenvalue weighted by Gasteiger charge is -2.11. The molecule has 154 valence electrons. The van der Waals surface area contributed by atoms with Gasteiger partial charge in [-0.3, -0.25) is 0 Å². The van der Waals surface area contributed by atoms with Gasteiger partial charge in [0, 0.05) is 16.1 Å². The third-order valence-electron chi connectivity index (χ3n) is 4.87. The van der Waals surface area contributed by atoms with Crippen molar-refractivity contribution in [3.63, 3.8) is 0 Å². The number of aryl methyl sites for hydroxylation is 1. The van der Waals surface area contributed by atoms with Crippen LogP contribution < -0.4 is 5.32 Å². The molecule has 0 aliphatic carbocycles. The molecule has 1 N–H and O–H groups in total. The van der Waals surface area contributed by atoms with Crippen LogP contribution in [0.3, 0.4) is 0 Å². The Balaban J connectivity index is 1.78. The van der Waals surface area contributed by atoms with Gasteiger partial charge in [-0.1, -0.05) is 47.1 Å². The molecule has 0 unspecified atom stereocenters. The fourth-order valence-electron chi connectivity index (χ4n) is 3.41. The van der Waals surface area contributed by atoms with Gasteiger partial charge >= 0.3 is 0 Å². The Hall–Kier alpha value is -3.49. The van der Waals surface area contributed by atoms with E-state index >= 15 is 0 Å². The summed E-state index contributed by atoms with van der Waals surface area (Å²) in [6.45, 7) is 1.99. The van der Waals surface area contributed by atoms with Crippen molar-refractivity contribution in [2.24, 2.45) is 0 Å². The first-order valence-electron chi connectivity index (χ1n) is 9.42. The smallest absolute Gasteiger partial charge is 0.229 e. The fraction of sp³-hybridized carbons (Fsp3) is 0.0455. The molecule has 0 bridgehead atoms. The van der Waals surface area contributed by atoms with Gasteiger partial charge in [0.25, 0.3) is 0 Å². The van der Waals surface area contributed by atoms with Crippen LogP contribution in [-0.4, -0.2) is 28.2 Å². The first-order chi connectivity index (χ1) is 14.9. The van der Waals surface area contributed by atoms with Crippen LogP contribution in [0.2, 0.25) is 5.02 Å². The third kappa shape index (κ3) is 3.39. The van der Waals surface area contributed by atoms with E-state index in [1.54, 1.807) is 36.4 Å². The Morgan fingerprint density at radius 1 is 0.968 bits per heavy atom. The Morgan fingerprint density at radius 3 is 2.55 bits per heavy atom. The number of fused-ring (bicyclic) bond motifs is 3. The second-order valence-corrected chi connectivity index (χ2v) is 9.36. The molecule has 3 aromatic carbocycles. The molecule has 2 aromatic heterocycles. The number of halogens is 1. The minimum Gasteiger partial charge on any atom is -0.340 e. The van der Waals surface area contributed by atoms with Crippen LogP contribution in [-0.2, 0) is 9.84 Å². The van der Waals surface area contributed by atoms with Gasteiger partial charge in [-0.2, -0.15) is 4.52 Å². The molecule has 0 radical (unpaired) electrons. The Bertz CT molecular complexity index is 1550. The van der Waals surface area contributed by atoms with E-state index in [1.165, 1.54) is 16.6 Å². The summed E-state index contributed by atoms with van der Waals surface area (Å²) in [6, 6.07) is 21.1. The standard InChI is InChI=1S/C22H16ClN5O2S/c1-14-6-5-7-16(12-14)24-20-18-13-15(23)10-11-19(18)28-21(25-20)22(26-27-28)31(29,30)17-8-3-2-4-9-17/h2-13H,1H3,(H,24,25). The van der Waals surface area contributed by atoms with Crippen LogP contribution in [0.5, 0.6) is 0 Å². The van der Waals surface area contributed by atoms with E-state index in [-0.39, 0.29) is 15.6 Å². The van der Waals surface area contributed by atoms with Crippen molar-refractivity contribution in [2.45, 2.75) is 16.8 Å². The van der Waals surface area contributed by atoms with Gasteiger partial charge in [-0.05, 0) is 55.0 Å². The minimum absolute atomic E-state index is 0.128. The average Bonchev–Trinajstić information content (AvgIpc) is 3.19. The van der Waals surface area contributed by atoms with Gasteiger partial charge < -0.3 is 5.32 Å². The number of nitrogens with zero attached hydrogens (tertiary/aromatic N) is 4. The Labute approximate surface area is 183 Å². The number of anilines is 2. The third-order valence-corrected chi connectivity index (χ3v) is 6.77. The van der Waals surface area contributed by atoms with Crippen LogP contribution in [0, 0.1) is 6.92 Å². The topological polar surface area (TPSA) is 89.2 Å². The highest BCUT2D eigenvalue weighted by atomic mass is 35.5. The van der Waals surface area contributed by atoms with Gasteiger partial charge in [0.2, 0.25) is 14.9 Å². The molecule has 0 fully saturated rings. The predicted molar refractivity (Wildman–Crippen MR) is 120 cm³/mol. The lowest BCUT2D eigenvalue weighted by molar-refractivity contribution is 0.592. The lowest BCUT2D eigenvalue weighted by Crippen LogP contribution is -2.05. The van der Waals surface area contributed by atoms with Crippen molar-refractivity contribution in [1.29, 1.82) is 0 Å². The molecule has 0 spiro atoms. The zero-order valence-electron chi connectivity index (χ0n) is 16.3. The van der Waals surface area contributed by atoms with Gasteiger partial charge in [0.1, 0.15) is 5.82 Å². The summed E-state index contributed by atoms with van der Waals surface area (Å²) in [7, 11) is -3.91. The molecule has 9 heteroatoms. The van der Waals surface area contributed by atoms with Crippen molar-refractivity contribution in [3.8, 4) is 0 Å². The minimum atomic E-state index is -3.91. The zero-order valence-corrected chi connectivity index (χ0v) is 17.9. The molecular weight excluding hydrogens is 434 g/mol. The molecule has 31 heavy (non-hydrogen) atoms. The number of nitrogens with one attached hydrogen (secondary N) is 1. The highest BCUT2D eigenvalue weighted by molar-refractivity contribution is 7.91. The predicted octanol–water partition coefficient (Wildman–Crippen LogP) is 4.82. The molecule has 0 saturated carbocycles. The van der Waals surface area contributed by atoms with Crippen molar-refractivity contribution in [3.05, 3.63) is 83.4 Å². The van der Waals surface area contributed by atoms with Crippen molar-refractivity contribution >= 4 is 49.5 Å². The van der Waals surface area contributed by atoms with Crippen LogP contribution >= 0.6 is 11.6 Å². The van der Waals surface area contributed by atoms with Crippen molar-refractivity contribution < 1.29 is 8.42 Å². The highest BCUT2D eigenvalue weighted by Gasteiger charge is 2.27. The number of hydrogen-bond donors (Lipinski definition) is 1. The van der Waals surface area contributed by atoms with E-state index in [0.717, 1.165) is 11.3 Å². The zero-order chi connectivity index (χ0) is 21.6. The van der Waals surface area contributed by atoms with E-state index in [0.29, 0.717) is 21.7 Å². The summed E-state index contributed by atoms with van der Waals surface area (Å²) in [6.07, 6.45) is 0. The summed E-state index contributed by atoms with van der Waals surface area (Å²) in [5.41, 5.74) is 2.66. The van der Waals surface area contributed by atoms with Crippen LogP contribution in [0.4, 0.5) is 11.5 Å². The van der Waals surface area contributed by atoms with E-state index in [2.05, 4.69) is 20.6 Å². The molecule has 7 nitrogen and oxygen atoms in total. The maximum atomic E-state index is 13.2. The maximum absolute atomic E-state index is 13.2. The molecule has 0 aliphatic rings. The first kappa shape index (κ1) is 19.5. The van der Waals surface area contributed by atoms with Crippen LogP contribution in [0.1, 0.15) is 5.56 Å². The second kappa shape index (κ2) is 7.33. The summed E-state index contributed by atoms with van der Waals surface area (Å²) in [5.74, 6) is 0.461. The molecular formula is C22H16ClN5O2S. The van der Waals surface area contributed by atoms with Gasteiger partial charge in [0.15, 0.2) is 5.65 Å². The Kier molecular flexibility index (Phi) is 4.60. The van der Waals surface area contributed by atoms with E-state index in [4.69, 9.17) is 11.6 Å². The van der Waals surface area contributed by atoms with E-state index in [1.807, 2.05) is 31.2 Å². The van der Waals surface area contributed by atoms with Gasteiger partial charge in [-0.15, -0.1) is 5.10 Å². The molecule has 2 heterocycles. The molecule has 0 aliphatic heterocycles. The molecule has 5 aromatic rings. The average molecular weight is 450 g/mol. The lowest BCUT2D eigenvalue weighted by atomic mass is 10.2. The Morgan fingerprint density at radius 2 is 1.77 bits per heavy atom. The van der Waals surface area contributed by atoms with Gasteiger partial charge in [-0.25, -0.2) is 13.4 Å². The fourth-order valence-corrected chi connectivity index (χ4v) is 4.84. The van der Waals surface area contributed by atoms with E-state index < -0.39 is 9.84 Å². The number of hydrogen-bond acceptors (Lipinski definition) is 6.